The number of nitrogens with zero attached hydrogens (tertiary/aromatic N) is 3. The number of aromatic nitrogens is 1. The number of hydrogen-bond acceptors (Lipinski definition) is 4. The Morgan fingerprint density at radius 1 is 1.39 bits per heavy atom. The van der Waals surface area contributed by atoms with Gasteiger partial charge in [0.25, 0.3) is 0 Å². The van der Waals surface area contributed by atoms with E-state index in [9.17, 15) is 0 Å². The summed E-state index contributed by atoms with van der Waals surface area (Å²) in [5.41, 5.74) is 1.30. The molecule has 100 valence electrons. The molecule has 0 bridgehead atoms. The minimum absolute atomic E-state index is 0.612. The van der Waals surface area contributed by atoms with Gasteiger partial charge in [0.15, 0.2) is 0 Å². The number of anilines is 1. The highest BCUT2D eigenvalue weighted by atomic mass is 15.2. The summed E-state index contributed by atoms with van der Waals surface area (Å²) in [6, 6.07) is 4.82. The molecule has 0 radical (unpaired) electrons. The van der Waals surface area contributed by atoms with Crippen LogP contribution in [0, 0.1) is 0 Å². The summed E-state index contributed by atoms with van der Waals surface area (Å²) in [6.45, 7) is 6.86. The van der Waals surface area contributed by atoms with Crippen LogP contribution in [0.2, 0.25) is 0 Å². The molecule has 1 aromatic rings. The van der Waals surface area contributed by atoms with E-state index in [0.717, 1.165) is 18.9 Å². The molecule has 2 heterocycles. The van der Waals surface area contributed by atoms with Crippen LogP contribution in [0.15, 0.2) is 18.3 Å². The molecule has 4 heteroatoms. The summed E-state index contributed by atoms with van der Waals surface area (Å²) >= 11 is 0. The molecule has 1 aliphatic rings. The van der Waals surface area contributed by atoms with Gasteiger partial charge in [-0.25, -0.2) is 4.98 Å². The first-order chi connectivity index (χ1) is 8.69. The number of nitrogens with one attached hydrogen (secondary N) is 1. The molecule has 1 saturated heterocycles. The van der Waals surface area contributed by atoms with E-state index in [1.807, 2.05) is 19.3 Å². The summed E-state index contributed by atoms with van der Waals surface area (Å²) in [5.74, 6) is 0.933. The SMILES string of the molecule is CNc1ccc(CN2CCCN(C)CC2C)cn1. The Morgan fingerprint density at radius 2 is 2.22 bits per heavy atom. The number of hydrogen-bond donors (Lipinski definition) is 1. The molecule has 0 aliphatic carbocycles. The second kappa shape index (κ2) is 6.16. The van der Waals surface area contributed by atoms with E-state index in [2.05, 4.69) is 40.1 Å². The third-order valence-electron chi connectivity index (χ3n) is 3.65. The predicted molar refractivity (Wildman–Crippen MR) is 75.8 cm³/mol. The van der Waals surface area contributed by atoms with E-state index in [-0.39, 0.29) is 0 Å². The molecular formula is C14H24N4. The summed E-state index contributed by atoms with van der Waals surface area (Å²) in [6.07, 6.45) is 3.23. The fraction of sp³-hybridized carbons (Fsp3) is 0.643. The Kier molecular flexibility index (Phi) is 4.55. The standard InChI is InChI=1S/C14H24N4/c1-12-10-17(3)7-4-8-18(12)11-13-5-6-14(15-2)16-9-13/h5-6,9,12H,4,7-8,10-11H2,1-3H3,(H,15,16). The largest absolute Gasteiger partial charge is 0.373 e. The number of likely N-dealkylation sites (N-methyl/N-ethyl adjacent to an activating group) is 1. The van der Waals surface area contributed by atoms with Crippen LogP contribution in [0.5, 0.6) is 0 Å². The molecule has 0 amide bonds. The quantitative estimate of drug-likeness (QED) is 0.881. The van der Waals surface area contributed by atoms with Crippen LogP contribution in [0.3, 0.4) is 0 Å². The molecule has 1 aliphatic heterocycles. The molecule has 1 atom stereocenters. The van der Waals surface area contributed by atoms with E-state index in [0.29, 0.717) is 6.04 Å². The lowest BCUT2D eigenvalue weighted by atomic mass is 10.2. The van der Waals surface area contributed by atoms with Crippen LogP contribution in [0.25, 0.3) is 0 Å². The van der Waals surface area contributed by atoms with Gasteiger partial charge in [0.2, 0.25) is 0 Å². The highest BCUT2D eigenvalue weighted by Gasteiger charge is 2.19. The zero-order chi connectivity index (χ0) is 13.0. The Labute approximate surface area is 110 Å². The molecule has 1 fully saturated rings. The Balaban J connectivity index is 1.98. The molecular weight excluding hydrogens is 224 g/mol. The van der Waals surface area contributed by atoms with Crippen molar-refractivity contribution in [3.05, 3.63) is 23.9 Å². The van der Waals surface area contributed by atoms with E-state index in [4.69, 9.17) is 0 Å². The van der Waals surface area contributed by atoms with Gasteiger partial charge in [0, 0.05) is 38.9 Å². The molecule has 1 aromatic heterocycles. The molecule has 18 heavy (non-hydrogen) atoms. The van der Waals surface area contributed by atoms with Crippen LogP contribution in [0.1, 0.15) is 18.9 Å². The van der Waals surface area contributed by atoms with Gasteiger partial charge in [-0.2, -0.15) is 0 Å². The van der Waals surface area contributed by atoms with Crippen LogP contribution < -0.4 is 5.32 Å². The van der Waals surface area contributed by atoms with E-state index in [1.165, 1.54) is 25.1 Å². The second-order valence-corrected chi connectivity index (χ2v) is 5.24. The molecule has 1 unspecified atom stereocenters. The highest BCUT2D eigenvalue weighted by molar-refractivity contribution is 5.34. The monoisotopic (exact) mass is 248 g/mol. The van der Waals surface area contributed by atoms with Crippen molar-refractivity contribution in [2.45, 2.75) is 25.9 Å². The maximum Gasteiger partial charge on any atom is 0.125 e. The average Bonchev–Trinajstić information content (AvgIpc) is 2.52. The topological polar surface area (TPSA) is 31.4 Å². The van der Waals surface area contributed by atoms with Gasteiger partial charge in [-0.1, -0.05) is 6.07 Å². The summed E-state index contributed by atoms with van der Waals surface area (Å²) in [7, 11) is 4.11. The van der Waals surface area contributed by atoms with Crippen LogP contribution >= 0.6 is 0 Å². The van der Waals surface area contributed by atoms with Crippen molar-refractivity contribution in [2.24, 2.45) is 0 Å². The first-order valence-corrected chi connectivity index (χ1v) is 6.74. The van der Waals surface area contributed by atoms with Gasteiger partial charge in [-0.3, -0.25) is 4.90 Å². The minimum atomic E-state index is 0.612. The van der Waals surface area contributed by atoms with Crippen molar-refractivity contribution in [3.8, 4) is 0 Å². The Bertz CT molecular complexity index is 363. The lowest BCUT2D eigenvalue weighted by Gasteiger charge is -2.27. The zero-order valence-electron chi connectivity index (χ0n) is 11.7. The Morgan fingerprint density at radius 3 is 2.89 bits per heavy atom. The van der Waals surface area contributed by atoms with Crippen molar-refractivity contribution < 1.29 is 0 Å². The van der Waals surface area contributed by atoms with E-state index in [1.54, 1.807) is 0 Å². The van der Waals surface area contributed by atoms with Crippen molar-refractivity contribution in [2.75, 3.05) is 39.0 Å². The lowest BCUT2D eigenvalue weighted by molar-refractivity contribution is 0.194. The highest BCUT2D eigenvalue weighted by Crippen LogP contribution is 2.13. The van der Waals surface area contributed by atoms with Crippen molar-refractivity contribution in [1.29, 1.82) is 0 Å². The first kappa shape index (κ1) is 13.3. The maximum atomic E-state index is 4.38. The summed E-state index contributed by atoms with van der Waals surface area (Å²) < 4.78 is 0. The zero-order valence-corrected chi connectivity index (χ0v) is 11.7. The molecule has 0 spiro atoms. The Hall–Kier alpha value is -1.13. The fourth-order valence-electron chi connectivity index (χ4n) is 2.56. The van der Waals surface area contributed by atoms with Crippen LogP contribution in [-0.2, 0) is 6.54 Å². The van der Waals surface area contributed by atoms with Crippen molar-refractivity contribution >= 4 is 5.82 Å². The van der Waals surface area contributed by atoms with Gasteiger partial charge in [-0.05, 0) is 38.6 Å². The van der Waals surface area contributed by atoms with Gasteiger partial charge >= 0.3 is 0 Å². The molecule has 2 rings (SSSR count). The van der Waals surface area contributed by atoms with Crippen molar-refractivity contribution in [1.82, 2.24) is 14.8 Å². The molecule has 0 aromatic carbocycles. The smallest absolute Gasteiger partial charge is 0.125 e. The van der Waals surface area contributed by atoms with Gasteiger partial charge in [0.05, 0.1) is 0 Å². The van der Waals surface area contributed by atoms with Gasteiger partial charge < -0.3 is 10.2 Å². The predicted octanol–water partition coefficient (Wildman–Crippen LogP) is 1.65. The third-order valence-corrected chi connectivity index (χ3v) is 3.65. The van der Waals surface area contributed by atoms with Crippen molar-refractivity contribution in [3.63, 3.8) is 0 Å². The first-order valence-electron chi connectivity index (χ1n) is 6.74. The number of pyridine rings is 1. The average molecular weight is 248 g/mol. The van der Waals surface area contributed by atoms with Gasteiger partial charge in [0.1, 0.15) is 5.82 Å². The van der Waals surface area contributed by atoms with Crippen LogP contribution in [0.4, 0.5) is 5.82 Å². The molecule has 4 nitrogen and oxygen atoms in total. The van der Waals surface area contributed by atoms with E-state index < -0.39 is 0 Å². The fourth-order valence-corrected chi connectivity index (χ4v) is 2.56. The normalized spacial score (nSPS) is 22.7. The number of rotatable bonds is 3. The summed E-state index contributed by atoms with van der Waals surface area (Å²) in [4.78, 5) is 9.36. The molecule has 1 N–H and O–H groups in total. The summed E-state index contributed by atoms with van der Waals surface area (Å²) in [5, 5.41) is 3.05. The molecule has 0 saturated carbocycles. The lowest BCUT2D eigenvalue weighted by Crippen LogP contribution is -2.37. The maximum absolute atomic E-state index is 4.38. The van der Waals surface area contributed by atoms with Gasteiger partial charge in [-0.15, -0.1) is 0 Å². The van der Waals surface area contributed by atoms with Crippen LogP contribution in [-0.4, -0.2) is 54.6 Å². The second-order valence-electron chi connectivity index (χ2n) is 5.24. The van der Waals surface area contributed by atoms with E-state index >= 15 is 0 Å². The third kappa shape index (κ3) is 3.43. The minimum Gasteiger partial charge on any atom is -0.373 e.